The van der Waals surface area contributed by atoms with Crippen molar-refractivity contribution in [3.63, 3.8) is 0 Å². The fraction of sp³-hybridized carbons (Fsp3) is 0.316. The molecule has 0 saturated heterocycles. The van der Waals surface area contributed by atoms with E-state index in [1.807, 2.05) is 25.1 Å². The maximum atomic E-state index is 11.8. The van der Waals surface area contributed by atoms with Gasteiger partial charge >= 0.3 is 0 Å². The van der Waals surface area contributed by atoms with Gasteiger partial charge in [-0.15, -0.1) is 11.3 Å². The molecular formula is C19H22N4OS. The highest BCUT2D eigenvalue weighted by molar-refractivity contribution is 7.19. The summed E-state index contributed by atoms with van der Waals surface area (Å²) in [6, 6.07) is 10.3. The van der Waals surface area contributed by atoms with E-state index in [1.165, 1.54) is 10.4 Å². The van der Waals surface area contributed by atoms with Gasteiger partial charge in [0, 0.05) is 30.0 Å². The highest BCUT2D eigenvalue weighted by Gasteiger charge is 2.16. The second-order valence-electron chi connectivity index (χ2n) is 5.83. The molecular weight excluding hydrogens is 332 g/mol. The minimum absolute atomic E-state index is 0.0597. The fourth-order valence-electron chi connectivity index (χ4n) is 2.78. The lowest BCUT2D eigenvalue weighted by Gasteiger charge is -2.09. The van der Waals surface area contributed by atoms with Gasteiger partial charge in [0.15, 0.2) is 0 Å². The maximum absolute atomic E-state index is 11.8. The molecule has 0 atom stereocenters. The predicted octanol–water partition coefficient (Wildman–Crippen LogP) is 3.99. The molecule has 6 heteroatoms. The van der Waals surface area contributed by atoms with E-state index in [-0.39, 0.29) is 5.91 Å². The third kappa shape index (κ3) is 3.96. The van der Waals surface area contributed by atoms with Gasteiger partial charge in [-0.05, 0) is 18.9 Å². The van der Waals surface area contributed by atoms with Crippen LogP contribution in [0.1, 0.15) is 24.6 Å². The first kappa shape index (κ1) is 17.4. The van der Waals surface area contributed by atoms with Crippen LogP contribution in [-0.2, 0) is 4.79 Å². The number of thiophene rings is 1. The van der Waals surface area contributed by atoms with Crippen molar-refractivity contribution in [2.75, 3.05) is 18.4 Å². The van der Waals surface area contributed by atoms with Gasteiger partial charge in [-0.3, -0.25) is 4.79 Å². The number of carbonyl (C=O) groups excluding carboxylic acids is 1. The van der Waals surface area contributed by atoms with E-state index in [0.29, 0.717) is 13.0 Å². The summed E-state index contributed by atoms with van der Waals surface area (Å²) < 4.78 is 0. The molecule has 3 rings (SSSR count). The van der Waals surface area contributed by atoms with Crippen molar-refractivity contribution >= 4 is 33.3 Å². The number of aromatic nitrogens is 2. The van der Waals surface area contributed by atoms with Gasteiger partial charge in [-0.25, -0.2) is 9.97 Å². The van der Waals surface area contributed by atoms with Crippen molar-refractivity contribution in [2.24, 2.45) is 0 Å². The van der Waals surface area contributed by atoms with Crippen molar-refractivity contribution < 1.29 is 4.79 Å². The third-order valence-corrected chi connectivity index (χ3v) is 4.96. The quantitative estimate of drug-likeness (QED) is 0.673. The lowest BCUT2D eigenvalue weighted by molar-refractivity contribution is -0.120. The number of nitrogens with zero attached hydrogens (tertiary/aromatic N) is 2. The Labute approximate surface area is 151 Å². The fourth-order valence-corrected chi connectivity index (χ4v) is 3.79. The van der Waals surface area contributed by atoms with Gasteiger partial charge in [0.1, 0.15) is 17.0 Å². The number of amides is 1. The Bertz CT molecular complexity index is 860. The maximum Gasteiger partial charge on any atom is 0.221 e. The SMILES string of the molecule is CCCNC(=O)CCNc1ncnc2sc(C)c(-c3ccccc3)c12. The van der Waals surface area contributed by atoms with E-state index < -0.39 is 0 Å². The van der Waals surface area contributed by atoms with Crippen LogP contribution in [-0.4, -0.2) is 29.0 Å². The molecule has 25 heavy (non-hydrogen) atoms. The van der Waals surface area contributed by atoms with Crippen LogP contribution in [0.25, 0.3) is 21.3 Å². The first-order valence-electron chi connectivity index (χ1n) is 8.50. The Hall–Kier alpha value is -2.47. The Morgan fingerprint density at radius 1 is 1.16 bits per heavy atom. The van der Waals surface area contributed by atoms with Crippen molar-refractivity contribution in [2.45, 2.75) is 26.7 Å². The molecule has 2 N–H and O–H groups in total. The average molecular weight is 354 g/mol. The van der Waals surface area contributed by atoms with E-state index in [0.717, 1.165) is 34.6 Å². The molecule has 0 radical (unpaired) electrons. The summed E-state index contributed by atoms with van der Waals surface area (Å²) in [5.74, 6) is 0.848. The van der Waals surface area contributed by atoms with Gasteiger partial charge in [0.25, 0.3) is 0 Å². The van der Waals surface area contributed by atoms with Gasteiger partial charge in [0.2, 0.25) is 5.91 Å². The van der Waals surface area contributed by atoms with Gasteiger partial charge in [-0.2, -0.15) is 0 Å². The van der Waals surface area contributed by atoms with Gasteiger partial charge < -0.3 is 10.6 Å². The van der Waals surface area contributed by atoms with Crippen molar-refractivity contribution in [1.29, 1.82) is 0 Å². The molecule has 0 aliphatic rings. The van der Waals surface area contributed by atoms with Gasteiger partial charge in [-0.1, -0.05) is 37.3 Å². The zero-order chi connectivity index (χ0) is 17.6. The summed E-state index contributed by atoms with van der Waals surface area (Å²) in [7, 11) is 0. The molecule has 1 amide bonds. The Morgan fingerprint density at radius 3 is 2.72 bits per heavy atom. The Balaban J connectivity index is 1.85. The molecule has 0 fully saturated rings. The van der Waals surface area contributed by atoms with E-state index in [4.69, 9.17) is 0 Å². The normalized spacial score (nSPS) is 10.8. The largest absolute Gasteiger partial charge is 0.369 e. The summed E-state index contributed by atoms with van der Waals surface area (Å²) in [5, 5.41) is 7.23. The topological polar surface area (TPSA) is 66.9 Å². The van der Waals surface area contributed by atoms with Crippen molar-refractivity contribution in [1.82, 2.24) is 15.3 Å². The minimum Gasteiger partial charge on any atom is -0.369 e. The van der Waals surface area contributed by atoms with E-state index in [9.17, 15) is 4.79 Å². The third-order valence-electron chi connectivity index (χ3n) is 3.94. The molecule has 0 aliphatic carbocycles. The smallest absolute Gasteiger partial charge is 0.221 e. The van der Waals surface area contributed by atoms with Crippen LogP contribution in [0.5, 0.6) is 0 Å². The number of hydrogen-bond acceptors (Lipinski definition) is 5. The van der Waals surface area contributed by atoms with E-state index >= 15 is 0 Å². The molecule has 2 heterocycles. The van der Waals surface area contributed by atoms with Crippen LogP contribution in [0, 0.1) is 6.92 Å². The molecule has 1 aromatic carbocycles. The predicted molar refractivity (Wildman–Crippen MR) is 104 cm³/mol. The Morgan fingerprint density at radius 2 is 1.96 bits per heavy atom. The summed E-state index contributed by atoms with van der Waals surface area (Å²) >= 11 is 1.67. The van der Waals surface area contributed by atoms with Crippen LogP contribution in [0.15, 0.2) is 36.7 Å². The molecule has 5 nitrogen and oxygen atoms in total. The molecule has 2 aromatic heterocycles. The second kappa shape index (κ2) is 8.07. The number of carbonyl (C=O) groups is 1. The molecule has 3 aromatic rings. The van der Waals surface area contributed by atoms with Crippen LogP contribution < -0.4 is 10.6 Å². The number of fused-ring (bicyclic) bond motifs is 1. The van der Waals surface area contributed by atoms with Gasteiger partial charge in [0.05, 0.1) is 5.39 Å². The molecule has 0 aliphatic heterocycles. The number of nitrogens with one attached hydrogen (secondary N) is 2. The summed E-state index contributed by atoms with van der Waals surface area (Å²) in [4.78, 5) is 22.8. The number of anilines is 1. The van der Waals surface area contributed by atoms with E-state index in [2.05, 4.69) is 39.7 Å². The number of benzene rings is 1. The lowest BCUT2D eigenvalue weighted by Crippen LogP contribution is -2.26. The van der Waals surface area contributed by atoms with Crippen LogP contribution in [0.3, 0.4) is 0 Å². The molecule has 0 spiro atoms. The summed E-state index contributed by atoms with van der Waals surface area (Å²) in [5.41, 5.74) is 2.32. The van der Waals surface area contributed by atoms with Crippen LogP contribution in [0.2, 0.25) is 0 Å². The average Bonchev–Trinajstić information content (AvgIpc) is 2.97. The van der Waals surface area contributed by atoms with Crippen LogP contribution >= 0.6 is 11.3 Å². The van der Waals surface area contributed by atoms with Crippen LogP contribution in [0.4, 0.5) is 5.82 Å². The molecule has 0 saturated carbocycles. The monoisotopic (exact) mass is 354 g/mol. The van der Waals surface area contributed by atoms with Crippen molar-refractivity contribution in [3.8, 4) is 11.1 Å². The highest BCUT2D eigenvalue weighted by Crippen LogP contribution is 2.40. The zero-order valence-electron chi connectivity index (χ0n) is 14.5. The summed E-state index contributed by atoms with van der Waals surface area (Å²) in [6.45, 7) is 5.42. The number of rotatable bonds is 7. The standard InChI is InChI=1S/C19H22N4OS/c1-3-10-20-15(24)9-11-21-18-17-16(14-7-5-4-6-8-14)13(2)25-19(17)23-12-22-18/h4-8,12H,3,9-11H2,1-2H3,(H,20,24)(H,21,22,23). The first-order valence-corrected chi connectivity index (χ1v) is 9.32. The minimum atomic E-state index is 0.0597. The second-order valence-corrected chi connectivity index (χ2v) is 7.03. The Kier molecular flexibility index (Phi) is 5.60. The highest BCUT2D eigenvalue weighted by atomic mass is 32.1. The summed E-state index contributed by atoms with van der Waals surface area (Å²) in [6.07, 6.45) is 2.95. The lowest BCUT2D eigenvalue weighted by atomic mass is 10.0. The molecule has 0 bridgehead atoms. The molecule has 130 valence electrons. The number of hydrogen-bond donors (Lipinski definition) is 2. The van der Waals surface area contributed by atoms with E-state index in [1.54, 1.807) is 17.7 Å². The first-order chi connectivity index (χ1) is 12.2. The number of aryl methyl sites for hydroxylation is 1. The zero-order valence-corrected chi connectivity index (χ0v) is 15.3. The molecule has 0 unspecified atom stereocenters. The van der Waals surface area contributed by atoms with Crippen molar-refractivity contribution in [3.05, 3.63) is 41.5 Å².